The summed E-state index contributed by atoms with van der Waals surface area (Å²) in [6.07, 6.45) is 3.28. The fourth-order valence-electron chi connectivity index (χ4n) is 3.01. The van der Waals surface area contributed by atoms with Gasteiger partial charge in [0.25, 0.3) is 0 Å². The SMILES string of the molecule is CCCc1ccc(OC)cc1OC.CNCc1ccc(OC)cc1OC.O=CCN(CCNC=O)OO.[Y]. The van der Waals surface area contributed by atoms with Crippen LogP contribution in [0.15, 0.2) is 36.4 Å². The quantitative estimate of drug-likeness (QED) is 0.120. The summed E-state index contributed by atoms with van der Waals surface area (Å²) >= 11 is 0. The van der Waals surface area contributed by atoms with Gasteiger partial charge in [0.2, 0.25) is 6.41 Å². The molecule has 1 amide bonds. The number of hydroxylamine groups is 2. The monoisotopic (exact) mass is 612 g/mol. The van der Waals surface area contributed by atoms with Crippen molar-refractivity contribution in [3.05, 3.63) is 47.5 Å². The molecule has 12 heteroatoms. The van der Waals surface area contributed by atoms with Gasteiger partial charge < -0.3 is 34.4 Å². The van der Waals surface area contributed by atoms with Gasteiger partial charge in [-0.25, -0.2) is 5.26 Å². The van der Waals surface area contributed by atoms with E-state index in [1.165, 1.54) is 5.56 Å². The maximum atomic E-state index is 9.88. The van der Waals surface area contributed by atoms with Gasteiger partial charge >= 0.3 is 0 Å². The van der Waals surface area contributed by atoms with E-state index < -0.39 is 0 Å². The predicted octanol–water partition coefficient (Wildman–Crippen LogP) is 2.71. The summed E-state index contributed by atoms with van der Waals surface area (Å²) in [6, 6.07) is 11.7. The molecule has 3 N–H and O–H groups in total. The minimum atomic E-state index is -0.0307. The maximum absolute atomic E-state index is 9.88. The Balaban J connectivity index is 0. The van der Waals surface area contributed by atoms with Crippen LogP contribution in [0.25, 0.3) is 0 Å². The summed E-state index contributed by atoms with van der Waals surface area (Å²) in [4.78, 5) is 23.4. The number of hydrogen-bond acceptors (Lipinski definition) is 10. The molecular weight excluding hydrogens is 571 g/mol. The second kappa shape index (κ2) is 25.0. The van der Waals surface area contributed by atoms with E-state index >= 15 is 0 Å². The molecule has 38 heavy (non-hydrogen) atoms. The van der Waals surface area contributed by atoms with Crippen LogP contribution >= 0.6 is 0 Å². The smallest absolute Gasteiger partial charge is 0.207 e. The molecule has 0 aliphatic carbocycles. The number of carbonyl (C=O) groups is 2. The number of methoxy groups -OCH3 is 4. The molecule has 0 aromatic heterocycles. The number of amides is 1. The van der Waals surface area contributed by atoms with Crippen LogP contribution in [0.4, 0.5) is 0 Å². The van der Waals surface area contributed by atoms with E-state index in [9.17, 15) is 9.59 Å². The van der Waals surface area contributed by atoms with Crippen molar-refractivity contribution < 1.29 is 71.5 Å². The largest absolute Gasteiger partial charge is 0.497 e. The normalized spacial score (nSPS) is 9.47. The Bertz CT molecular complexity index is 832. The summed E-state index contributed by atoms with van der Waals surface area (Å²) in [5.74, 6) is 3.43. The molecule has 2 rings (SSSR count). The number of nitrogens with zero attached hydrogens (tertiary/aromatic N) is 1. The van der Waals surface area contributed by atoms with Crippen molar-refractivity contribution in [2.24, 2.45) is 0 Å². The Hall–Kier alpha value is -2.28. The molecule has 11 nitrogen and oxygen atoms in total. The van der Waals surface area contributed by atoms with Crippen molar-refractivity contribution in [1.82, 2.24) is 15.7 Å². The molecule has 0 atom stereocenters. The second-order valence-corrected chi connectivity index (χ2v) is 7.34. The van der Waals surface area contributed by atoms with Crippen molar-refractivity contribution in [2.75, 3.05) is 55.1 Å². The summed E-state index contributed by atoms with van der Waals surface area (Å²) in [5.41, 5.74) is 2.37. The zero-order chi connectivity index (χ0) is 27.9. The molecule has 0 saturated heterocycles. The molecule has 2 aromatic carbocycles. The van der Waals surface area contributed by atoms with Crippen molar-refractivity contribution in [1.29, 1.82) is 0 Å². The number of benzene rings is 2. The number of aryl methyl sites for hydroxylation is 1. The number of ether oxygens (including phenoxy) is 4. The summed E-state index contributed by atoms with van der Waals surface area (Å²) in [6.45, 7) is 3.50. The van der Waals surface area contributed by atoms with Gasteiger partial charge in [-0.05, 0) is 31.2 Å². The average Bonchev–Trinajstić information content (AvgIpc) is 2.94. The van der Waals surface area contributed by atoms with Gasteiger partial charge in [-0.2, -0.15) is 0 Å². The fourth-order valence-corrected chi connectivity index (χ4v) is 3.01. The summed E-state index contributed by atoms with van der Waals surface area (Å²) in [5, 5.41) is 14.5. The van der Waals surface area contributed by atoms with Gasteiger partial charge in [-0.15, -0.1) is 10.1 Å². The third-order valence-electron chi connectivity index (χ3n) is 4.86. The summed E-state index contributed by atoms with van der Waals surface area (Å²) < 4.78 is 20.7. The van der Waals surface area contributed by atoms with Gasteiger partial charge in [0, 0.05) is 70.0 Å². The topological polar surface area (TPSA) is 128 Å². The van der Waals surface area contributed by atoms with Crippen LogP contribution in [0.1, 0.15) is 24.5 Å². The molecular formula is C26H41N3O8Y. The summed E-state index contributed by atoms with van der Waals surface area (Å²) in [7, 11) is 8.56. The first-order valence-corrected chi connectivity index (χ1v) is 11.7. The van der Waals surface area contributed by atoms with Crippen molar-refractivity contribution >= 4 is 12.7 Å². The van der Waals surface area contributed by atoms with Gasteiger partial charge in [-0.3, -0.25) is 4.79 Å². The predicted molar refractivity (Wildman–Crippen MR) is 141 cm³/mol. The van der Waals surface area contributed by atoms with E-state index in [-0.39, 0.29) is 45.8 Å². The van der Waals surface area contributed by atoms with Crippen LogP contribution in [-0.4, -0.2) is 78.1 Å². The Morgan fingerprint density at radius 3 is 1.87 bits per heavy atom. The number of hydrogen-bond donors (Lipinski definition) is 3. The standard InChI is InChI=1S/C11H16O2.C10H15NO2.C5H10N2O4.Y/c1-4-5-9-6-7-10(12-2)8-11(9)13-3;1-11-7-8-4-5-9(12-2)6-10(8)13-3;8-4-3-7(11-10)2-1-6-5-9;/h6-8H,4-5H2,1-3H3;4-6,11H,7H2,1-3H3;4-5,10H,1-3H2,(H,6,9);. The molecule has 211 valence electrons. The molecule has 0 aliphatic heterocycles. The first-order chi connectivity index (χ1) is 18.0. The zero-order valence-electron chi connectivity index (χ0n) is 23.2. The number of nitrogens with one attached hydrogen (secondary N) is 2. The Kier molecular flexibility index (Phi) is 24.9. The maximum Gasteiger partial charge on any atom is 0.207 e. The first-order valence-electron chi connectivity index (χ1n) is 11.7. The van der Waals surface area contributed by atoms with Gasteiger partial charge in [0.1, 0.15) is 29.3 Å². The molecule has 0 saturated carbocycles. The third kappa shape index (κ3) is 15.9. The van der Waals surface area contributed by atoms with E-state index in [1.807, 2.05) is 37.4 Å². The molecule has 0 heterocycles. The third-order valence-corrected chi connectivity index (χ3v) is 4.86. The van der Waals surface area contributed by atoms with Crippen LogP contribution < -0.4 is 29.6 Å². The molecule has 0 unspecified atom stereocenters. The van der Waals surface area contributed by atoms with Crippen LogP contribution in [0.3, 0.4) is 0 Å². The van der Waals surface area contributed by atoms with Crippen molar-refractivity contribution in [3.8, 4) is 23.0 Å². The van der Waals surface area contributed by atoms with E-state index in [0.29, 0.717) is 19.2 Å². The van der Waals surface area contributed by atoms with E-state index in [1.54, 1.807) is 28.4 Å². The Morgan fingerprint density at radius 1 is 0.895 bits per heavy atom. The number of aldehydes is 1. The van der Waals surface area contributed by atoms with Crippen LogP contribution in [-0.2, 0) is 60.3 Å². The number of rotatable bonds is 15. The molecule has 0 bridgehead atoms. The minimum Gasteiger partial charge on any atom is -0.497 e. The zero-order valence-corrected chi connectivity index (χ0v) is 26.0. The van der Waals surface area contributed by atoms with E-state index in [0.717, 1.165) is 53.0 Å². The number of carbonyl (C=O) groups excluding carboxylic acids is 2. The van der Waals surface area contributed by atoms with E-state index in [4.69, 9.17) is 24.2 Å². The molecule has 1 radical (unpaired) electrons. The van der Waals surface area contributed by atoms with Crippen LogP contribution in [0.5, 0.6) is 23.0 Å². The van der Waals surface area contributed by atoms with Crippen molar-refractivity contribution in [2.45, 2.75) is 26.3 Å². The van der Waals surface area contributed by atoms with Crippen molar-refractivity contribution in [3.63, 3.8) is 0 Å². The van der Waals surface area contributed by atoms with Gasteiger partial charge in [0.15, 0.2) is 0 Å². The van der Waals surface area contributed by atoms with Gasteiger partial charge in [-0.1, -0.05) is 25.5 Å². The molecule has 0 aliphatic rings. The van der Waals surface area contributed by atoms with Crippen LogP contribution in [0.2, 0.25) is 0 Å². The molecule has 0 spiro atoms. The second-order valence-electron chi connectivity index (χ2n) is 7.34. The molecule has 2 aromatic rings. The Labute approximate surface area is 250 Å². The fraction of sp³-hybridized carbons (Fsp3) is 0.462. The average molecular weight is 613 g/mol. The van der Waals surface area contributed by atoms with Gasteiger partial charge in [0.05, 0.1) is 35.0 Å². The molecule has 0 fully saturated rings. The Morgan fingerprint density at radius 2 is 1.45 bits per heavy atom. The van der Waals surface area contributed by atoms with E-state index in [2.05, 4.69) is 28.6 Å². The first kappa shape index (κ1) is 37.9. The minimum absolute atomic E-state index is 0. The van der Waals surface area contributed by atoms with Crippen LogP contribution in [0, 0.1) is 0 Å².